The van der Waals surface area contributed by atoms with Crippen LogP contribution in [0, 0.1) is 0 Å². The Bertz CT molecular complexity index is 408. The number of nitrogens with zero attached hydrogens (tertiary/aromatic N) is 2. The lowest BCUT2D eigenvalue weighted by Gasteiger charge is -2.20. The minimum atomic E-state index is 0.196. The van der Waals surface area contributed by atoms with Gasteiger partial charge in [0.1, 0.15) is 0 Å². The van der Waals surface area contributed by atoms with Crippen LogP contribution in [0.15, 0.2) is 0 Å². The normalized spacial score (nSPS) is 20.8. The van der Waals surface area contributed by atoms with Gasteiger partial charge in [0.15, 0.2) is 11.4 Å². The minimum absolute atomic E-state index is 0.196. The smallest absolute Gasteiger partial charge is 0.186 e. The van der Waals surface area contributed by atoms with Crippen molar-refractivity contribution in [3.8, 4) is 0 Å². The summed E-state index contributed by atoms with van der Waals surface area (Å²) in [5, 5.41) is 0.890. The standard InChI is InChI=1S/C12H18N2O3S/c1-9-6-14(4-3-5-17-9)12-13-10(8-16-2)11(7-15)18-12/h7,9H,3-6,8H2,1-2H3. The van der Waals surface area contributed by atoms with Crippen molar-refractivity contribution < 1.29 is 14.3 Å². The molecule has 0 saturated carbocycles. The highest BCUT2D eigenvalue weighted by Crippen LogP contribution is 2.27. The van der Waals surface area contributed by atoms with Gasteiger partial charge in [-0.3, -0.25) is 4.79 Å². The van der Waals surface area contributed by atoms with E-state index >= 15 is 0 Å². The first kappa shape index (κ1) is 13.5. The van der Waals surface area contributed by atoms with Crippen LogP contribution in [0.4, 0.5) is 5.13 Å². The SMILES string of the molecule is COCc1nc(N2CCCOC(C)C2)sc1C=O. The van der Waals surface area contributed by atoms with E-state index in [1.165, 1.54) is 11.3 Å². The average molecular weight is 270 g/mol. The number of thiazole rings is 1. The third kappa shape index (κ3) is 3.07. The van der Waals surface area contributed by atoms with Gasteiger partial charge in [-0.15, -0.1) is 0 Å². The number of carbonyl (C=O) groups is 1. The summed E-state index contributed by atoms with van der Waals surface area (Å²) in [6, 6.07) is 0. The molecule has 6 heteroatoms. The van der Waals surface area contributed by atoms with E-state index in [4.69, 9.17) is 9.47 Å². The topological polar surface area (TPSA) is 51.7 Å². The molecule has 2 heterocycles. The molecule has 1 aliphatic rings. The van der Waals surface area contributed by atoms with Gasteiger partial charge in [-0.25, -0.2) is 4.98 Å². The highest BCUT2D eigenvalue weighted by molar-refractivity contribution is 7.17. The number of aromatic nitrogens is 1. The van der Waals surface area contributed by atoms with Crippen LogP contribution in [0.1, 0.15) is 28.7 Å². The van der Waals surface area contributed by atoms with Crippen molar-refractivity contribution in [2.24, 2.45) is 0 Å². The van der Waals surface area contributed by atoms with Gasteiger partial charge in [0.05, 0.1) is 23.3 Å². The first-order chi connectivity index (χ1) is 8.74. The number of rotatable bonds is 4. The van der Waals surface area contributed by atoms with Crippen molar-refractivity contribution in [2.75, 3.05) is 31.7 Å². The second-order valence-corrected chi connectivity index (χ2v) is 5.35. The van der Waals surface area contributed by atoms with E-state index in [0.29, 0.717) is 11.5 Å². The molecule has 1 aliphatic heterocycles. The Morgan fingerprint density at radius 2 is 2.50 bits per heavy atom. The van der Waals surface area contributed by atoms with Gasteiger partial charge < -0.3 is 14.4 Å². The number of carbonyl (C=O) groups excluding carboxylic acids is 1. The van der Waals surface area contributed by atoms with Gasteiger partial charge in [0, 0.05) is 26.8 Å². The van der Waals surface area contributed by atoms with Crippen LogP contribution in [0.25, 0.3) is 0 Å². The molecule has 0 radical (unpaired) electrons. The van der Waals surface area contributed by atoms with Gasteiger partial charge in [-0.05, 0) is 13.3 Å². The molecule has 1 saturated heterocycles. The molecule has 1 atom stereocenters. The molecule has 0 aliphatic carbocycles. The fourth-order valence-electron chi connectivity index (χ4n) is 1.99. The molecule has 5 nitrogen and oxygen atoms in total. The fraction of sp³-hybridized carbons (Fsp3) is 0.667. The van der Waals surface area contributed by atoms with Crippen LogP contribution in [0.2, 0.25) is 0 Å². The summed E-state index contributed by atoms with van der Waals surface area (Å²) >= 11 is 1.43. The van der Waals surface area contributed by atoms with Crippen molar-refractivity contribution in [1.82, 2.24) is 4.98 Å². The predicted molar refractivity (Wildman–Crippen MR) is 70.5 cm³/mol. The van der Waals surface area contributed by atoms with E-state index in [1.807, 2.05) is 0 Å². The van der Waals surface area contributed by atoms with Gasteiger partial charge in [0.2, 0.25) is 0 Å². The molecular formula is C12H18N2O3S. The Morgan fingerprint density at radius 1 is 1.67 bits per heavy atom. The summed E-state index contributed by atoms with van der Waals surface area (Å²) < 4.78 is 10.7. The lowest BCUT2D eigenvalue weighted by atomic mass is 10.3. The van der Waals surface area contributed by atoms with Crippen LogP contribution in [-0.2, 0) is 16.1 Å². The van der Waals surface area contributed by atoms with Crippen molar-refractivity contribution in [2.45, 2.75) is 26.1 Å². The van der Waals surface area contributed by atoms with Crippen LogP contribution < -0.4 is 4.90 Å². The van der Waals surface area contributed by atoms with Crippen LogP contribution in [-0.4, -0.2) is 44.2 Å². The highest BCUT2D eigenvalue weighted by atomic mass is 32.1. The highest BCUT2D eigenvalue weighted by Gasteiger charge is 2.20. The van der Waals surface area contributed by atoms with Crippen LogP contribution in [0.5, 0.6) is 0 Å². The van der Waals surface area contributed by atoms with Crippen LogP contribution in [0.3, 0.4) is 0 Å². The lowest BCUT2D eigenvalue weighted by molar-refractivity contribution is 0.0820. The third-order valence-corrected chi connectivity index (χ3v) is 3.91. The number of ether oxygens (including phenoxy) is 2. The molecule has 0 aromatic carbocycles. The Morgan fingerprint density at radius 3 is 3.22 bits per heavy atom. The minimum Gasteiger partial charge on any atom is -0.378 e. The molecule has 100 valence electrons. The summed E-state index contributed by atoms with van der Waals surface area (Å²) in [6.45, 7) is 4.96. The largest absolute Gasteiger partial charge is 0.378 e. The Kier molecular flexibility index (Phi) is 4.68. The first-order valence-electron chi connectivity index (χ1n) is 6.05. The second kappa shape index (κ2) is 6.26. The maximum absolute atomic E-state index is 11.0. The van der Waals surface area contributed by atoms with Crippen molar-refractivity contribution in [1.29, 1.82) is 0 Å². The van der Waals surface area contributed by atoms with Crippen molar-refractivity contribution in [3.63, 3.8) is 0 Å². The monoisotopic (exact) mass is 270 g/mol. The molecule has 0 spiro atoms. The van der Waals surface area contributed by atoms with E-state index in [9.17, 15) is 4.79 Å². The Balaban J connectivity index is 2.18. The van der Waals surface area contributed by atoms with E-state index in [2.05, 4.69) is 16.8 Å². The van der Waals surface area contributed by atoms with E-state index < -0.39 is 0 Å². The molecule has 1 aromatic heterocycles. The zero-order chi connectivity index (χ0) is 13.0. The molecule has 1 unspecified atom stereocenters. The van der Waals surface area contributed by atoms with Gasteiger partial charge in [0.25, 0.3) is 0 Å². The van der Waals surface area contributed by atoms with Crippen LogP contribution >= 0.6 is 11.3 Å². The summed E-state index contributed by atoms with van der Waals surface area (Å²) in [5.74, 6) is 0. The molecule has 1 aromatic rings. The molecule has 1 fully saturated rings. The van der Waals surface area contributed by atoms with Gasteiger partial charge in [-0.2, -0.15) is 0 Å². The first-order valence-corrected chi connectivity index (χ1v) is 6.86. The fourth-order valence-corrected chi connectivity index (χ4v) is 2.90. The van der Waals surface area contributed by atoms with Crippen molar-refractivity contribution in [3.05, 3.63) is 10.6 Å². The van der Waals surface area contributed by atoms with E-state index in [-0.39, 0.29) is 6.10 Å². The third-order valence-electron chi connectivity index (χ3n) is 2.83. The molecule has 2 rings (SSSR count). The zero-order valence-corrected chi connectivity index (χ0v) is 11.5. The summed E-state index contributed by atoms with van der Waals surface area (Å²) in [6.07, 6.45) is 2.04. The van der Waals surface area contributed by atoms with Gasteiger partial charge >= 0.3 is 0 Å². The molecular weight excluding hydrogens is 252 g/mol. The molecule has 0 N–H and O–H groups in total. The number of aldehydes is 1. The molecule has 0 amide bonds. The predicted octanol–water partition coefficient (Wildman–Crippen LogP) is 1.72. The Hall–Kier alpha value is -0.980. The quantitative estimate of drug-likeness (QED) is 0.780. The number of hydrogen-bond donors (Lipinski definition) is 0. The maximum Gasteiger partial charge on any atom is 0.186 e. The summed E-state index contributed by atoms with van der Waals surface area (Å²) in [4.78, 5) is 18.4. The summed E-state index contributed by atoms with van der Waals surface area (Å²) in [7, 11) is 1.61. The summed E-state index contributed by atoms with van der Waals surface area (Å²) in [5.41, 5.74) is 0.727. The zero-order valence-electron chi connectivity index (χ0n) is 10.7. The maximum atomic E-state index is 11.0. The van der Waals surface area contributed by atoms with E-state index in [0.717, 1.165) is 43.2 Å². The van der Waals surface area contributed by atoms with Crippen molar-refractivity contribution >= 4 is 22.8 Å². The average Bonchev–Trinajstić information content (AvgIpc) is 2.64. The van der Waals surface area contributed by atoms with Gasteiger partial charge in [-0.1, -0.05) is 11.3 Å². The number of methoxy groups -OCH3 is 1. The molecule has 18 heavy (non-hydrogen) atoms. The Labute approximate surface area is 111 Å². The lowest BCUT2D eigenvalue weighted by Crippen LogP contribution is -2.29. The second-order valence-electron chi connectivity index (χ2n) is 4.34. The van der Waals surface area contributed by atoms with E-state index in [1.54, 1.807) is 7.11 Å². The molecule has 0 bridgehead atoms. The number of anilines is 1. The number of hydrogen-bond acceptors (Lipinski definition) is 6.